The van der Waals surface area contributed by atoms with Gasteiger partial charge in [-0.25, -0.2) is 0 Å². The highest BCUT2D eigenvalue weighted by molar-refractivity contribution is 5.82. The number of nitrogens with two attached hydrogens (primary N) is 1. The average Bonchev–Trinajstić information content (AvgIpc) is 2.16. The third-order valence-electron chi connectivity index (χ3n) is 2.69. The van der Waals surface area contributed by atoms with Gasteiger partial charge in [-0.15, -0.1) is 0 Å². The second-order valence-corrected chi connectivity index (χ2v) is 4.69. The fraction of sp³-hybridized carbons (Fsp3) is 0.909. The average molecular weight is 214 g/mol. The van der Waals surface area contributed by atoms with Gasteiger partial charge in [0.2, 0.25) is 5.91 Å². The Kier molecular flexibility index (Phi) is 4.54. The molecule has 88 valence electrons. The number of amides is 1. The van der Waals surface area contributed by atoms with E-state index in [-0.39, 0.29) is 18.0 Å². The van der Waals surface area contributed by atoms with E-state index in [1.165, 1.54) is 0 Å². The topological polar surface area (TPSA) is 55.6 Å². The Hall–Kier alpha value is -0.610. The van der Waals surface area contributed by atoms with Gasteiger partial charge in [-0.3, -0.25) is 4.79 Å². The molecule has 0 saturated carbocycles. The summed E-state index contributed by atoms with van der Waals surface area (Å²) >= 11 is 0. The van der Waals surface area contributed by atoms with Crippen LogP contribution in [0.15, 0.2) is 0 Å². The number of carbonyl (C=O) groups is 1. The zero-order chi connectivity index (χ0) is 11.4. The van der Waals surface area contributed by atoms with Crippen molar-refractivity contribution in [2.45, 2.75) is 39.3 Å². The van der Waals surface area contributed by atoms with E-state index in [4.69, 9.17) is 10.5 Å². The van der Waals surface area contributed by atoms with Crippen LogP contribution in [-0.4, -0.2) is 42.6 Å². The number of rotatable bonds is 3. The molecule has 1 rings (SSSR count). The van der Waals surface area contributed by atoms with Crippen LogP contribution in [0.4, 0.5) is 0 Å². The highest BCUT2D eigenvalue weighted by Crippen LogP contribution is 2.11. The molecule has 1 aliphatic heterocycles. The molecule has 1 heterocycles. The zero-order valence-electron chi connectivity index (χ0n) is 9.90. The molecule has 15 heavy (non-hydrogen) atoms. The maximum Gasteiger partial charge on any atom is 0.239 e. The molecule has 0 bridgehead atoms. The first kappa shape index (κ1) is 12.5. The minimum absolute atomic E-state index is 0.0690. The third-order valence-corrected chi connectivity index (χ3v) is 2.69. The van der Waals surface area contributed by atoms with Gasteiger partial charge in [0.1, 0.15) is 0 Å². The quantitative estimate of drug-likeness (QED) is 0.749. The van der Waals surface area contributed by atoms with Crippen molar-refractivity contribution in [3.05, 3.63) is 0 Å². The third kappa shape index (κ3) is 3.47. The SMILES string of the molecule is CC(C)C[C@H](N)C(=O)N1CCOCC1C. The number of nitrogens with zero attached hydrogens (tertiary/aromatic N) is 1. The second kappa shape index (κ2) is 5.47. The lowest BCUT2D eigenvalue weighted by atomic mass is 10.0. The van der Waals surface area contributed by atoms with Gasteiger partial charge in [-0.1, -0.05) is 13.8 Å². The van der Waals surface area contributed by atoms with Crippen molar-refractivity contribution in [2.24, 2.45) is 11.7 Å². The highest BCUT2D eigenvalue weighted by Gasteiger charge is 2.27. The predicted molar refractivity (Wildman–Crippen MR) is 59.4 cm³/mol. The molecule has 2 N–H and O–H groups in total. The Labute approximate surface area is 91.8 Å². The van der Waals surface area contributed by atoms with Crippen molar-refractivity contribution >= 4 is 5.91 Å². The molecule has 1 saturated heterocycles. The second-order valence-electron chi connectivity index (χ2n) is 4.69. The molecule has 0 aliphatic carbocycles. The molecule has 0 aromatic heterocycles. The first-order valence-corrected chi connectivity index (χ1v) is 5.66. The van der Waals surface area contributed by atoms with E-state index in [1.807, 2.05) is 11.8 Å². The first-order valence-electron chi connectivity index (χ1n) is 5.66. The van der Waals surface area contributed by atoms with Gasteiger partial charge in [-0.05, 0) is 19.3 Å². The van der Waals surface area contributed by atoms with Crippen LogP contribution in [0.1, 0.15) is 27.2 Å². The molecule has 0 radical (unpaired) electrons. The van der Waals surface area contributed by atoms with Crippen LogP contribution in [0.2, 0.25) is 0 Å². The summed E-state index contributed by atoms with van der Waals surface area (Å²) in [7, 11) is 0. The lowest BCUT2D eigenvalue weighted by Gasteiger charge is -2.35. The van der Waals surface area contributed by atoms with E-state index in [2.05, 4.69) is 13.8 Å². The molecular weight excluding hydrogens is 192 g/mol. The summed E-state index contributed by atoms with van der Waals surface area (Å²) < 4.78 is 5.29. The van der Waals surface area contributed by atoms with E-state index in [1.54, 1.807) is 0 Å². The van der Waals surface area contributed by atoms with E-state index < -0.39 is 0 Å². The summed E-state index contributed by atoms with van der Waals surface area (Å²) in [6, 6.07) is -0.199. The molecule has 0 spiro atoms. The smallest absolute Gasteiger partial charge is 0.239 e. The summed E-state index contributed by atoms with van der Waals surface area (Å²) in [5.41, 5.74) is 5.88. The zero-order valence-corrected chi connectivity index (χ0v) is 9.90. The van der Waals surface area contributed by atoms with Gasteiger partial charge < -0.3 is 15.4 Å². The van der Waals surface area contributed by atoms with E-state index in [9.17, 15) is 4.79 Å². The molecular formula is C11H22N2O2. The van der Waals surface area contributed by atoms with Crippen LogP contribution in [0.25, 0.3) is 0 Å². The largest absolute Gasteiger partial charge is 0.377 e. The Bertz CT molecular complexity index is 219. The molecule has 1 unspecified atom stereocenters. The number of hydrogen-bond acceptors (Lipinski definition) is 3. The Morgan fingerprint density at radius 1 is 1.60 bits per heavy atom. The van der Waals surface area contributed by atoms with Gasteiger partial charge in [0.25, 0.3) is 0 Å². The van der Waals surface area contributed by atoms with E-state index >= 15 is 0 Å². The maximum absolute atomic E-state index is 12.0. The predicted octanol–water partition coefficient (Wildman–Crippen LogP) is 0.607. The minimum atomic E-state index is -0.356. The van der Waals surface area contributed by atoms with E-state index in [0.29, 0.717) is 25.7 Å². The van der Waals surface area contributed by atoms with Crippen LogP contribution < -0.4 is 5.73 Å². The standard InChI is InChI=1S/C11H22N2O2/c1-8(2)6-10(12)11(14)13-4-5-15-7-9(13)3/h8-10H,4-7,12H2,1-3H3/t9?,10-/m0/s1. The van der Waals surface area contributed by atoms with Crippen molar-refractivity contribution < 1.29 is 9.53 Å². The molecule has 4 heteroatoms. The summed E-state index contributed by atoms with van der Waals surface area (Å²) in [5.74, 6) is 0.528. The van der Waals surface area contributed by atoms with Crippen LogP contribution in [0.5, 0.6) is 0 Å². The van der Waals surface area contributed by atoms with Crippen molar-refractivity contribution in [1.82, 2.24) is 4.90 Å². The summed E-state index contributed by atoms with van der Waals surface area (Å²) in [5, 5.41) is 0. The molecule has 4 nitrogen and oxygen atoms in total. The van der Waals surface area contributed by atoms with Gasteiger partial charge in [0.15, 0.2) is 0 Å². The minimum Gasteiger partial charge on any atom is -0.377 e. The summed E-state index contributed by atoms with van der Waals surface area (Å²) in [6.45, 7) is 8.08. The number of ether oxygens (including phenoxy) is 1. The van der Waals surface area contributed by atoms with E-state index in [0.717, 1.165) is 6.42 Å². The van der Waals surface area contributed by atoms with Crippen LogP contribution in [0, 0.1) is 5.92 Å². The number of morpholine rings is 1. The fourth-order valence-electron chi connectivity index (χ4n) is 1.88. The van der Waals surface area contributed by atoms with Crippen LogP contribution >= 0.6 is 0 Å². The monoisotopic (exact) mass is 214 g/mol. The molecule has 2 atom stereocenters. The van der Waals surface area contributed by atoms with Crippen LogP contribution in [0.3, 0.4) is 0 Å². The number of hydrogen-bond donors (Lipinski definition) is 1. The lowest BCUT2D eigenvalue weighted by Crippen LogP contribution is -2.53. The molecule has 0 aromatic carbocycles. The van der Waals surface area contributed by atoms with Gasteiger partial charge in [0.05, 0.1) is 25.3 Å². The molecule has 1 fully saturated rings. The van der Waals surface area contributed by atoms with Crippen molar-refractivity contribution in [3.63, 3.8) is 0 Å². The molecule has 0 aromatic rings. The Morgan fingerprint density at radius 2 is 2.27 bits per heavy atom. The Balaban J connectivity index is 2.50. The first-order chi connectivity index (χ1) is 7.02. The van der Waals surface area contributed by atoms with Crippen molar-refractivity contribution in [3.8, 4) is 0 Å². The lowest BCUT2D eigenvalue weighted by molar-refractivity contribution is -0.140. The summed E-state index contributed by atoms with van der Waals surface area (Å²) in [4.78, 5) is 13.8. The maximum atomic E-state index is 12.0. The van der Waals surface area contributed by atoms with Gasteiger partial charge in [-0.2, -0.15) is 0 Å². The van der Waals surface area contributed by atoms with Crippen molar-refractivity contribution in [1.29, 1.82) is 0 Å². The fourth-order valence-corrected chi connectivity index (χ4v) is 1.88. The van der Waals surface area contributed by atoms with Gasteiger partial charge >= 0.3 is 0 Å². The van der Waals surface area contributed by atoms with Gasteiger partial charge in [0, 0.05) is 6.54 Å². The molecule has 1 amide bonds. The normalized spacial score (nSPS) is 24.3. The highest BCUT2D eigenvalue weighted by atomic mass is 16.5. The van der Waals surface area contributed by atoms with Crippen molar-refractivity contribution in [2.75, 3.05) is 19.8 Å². The van der Waals surface area contributed by atoms with Crippen LogP contribution in [-0.2, 0) is 9.53 Å². The Morgan fingerprint density at radius 3 is 2.80 bits per heavy atom. The number of carbonyl (C=O) groups excluding carboxylic acids is 1. The molecule has 1 aliphatic rings. The summed E-state index contributed by atoms with van der Waals surface area (Å²) in [6.07, 6.45) is 0.753.